The van der Waals surface area contributed by atoms with Crippen LogP contribution in [0.25, 0.3) is 0 Å². The molecule has 1 aromatic heterocycles. The quantitative estimate of drug-likeness (QED) is 0.438. The molecule has 42 heavy (non-hydrogen) atoms. The number of aromatic nitrogens is 3. The summed E-state index contributed by atoms with van der Waals surface area (Å²) in [5, 5.41) is 32.6. The van der Waals surface area contributed by atoms with Crippen molar-refractivity contribution < 1.29 is 51.3 Å². The lowest BCUT2D eigenvalue weighted by Gasteiger charge is -2.35. The maximum absolute atomic E-state index is 10.6. The van der Waals surface area contributed by atoms with Crippen LogP contribution in [0.3, 0.4) is 0 Å². The molecule has 2 aromatic rings. The van der Waals surface area contributed by atoms with Crippen molar-refractivity contribution in [1.29, 1.82) is 0 Å². The van der Waals surface area contributed by atoms with Crippen molar-refractivity contribution in [3.8, 4) is 0 Å². The normalized spacial score (nSPS) is 20.3. The molecule has 0 unspecified atom stereocenters. The number of halogens is 6. The first kappa shape index (κ1) is 33.3. The molecule has 2 saturated heterocycles. The Balaban J connectivity index is 0.000000289. The molecule has 234 valence electrons. The molecule has 1 atom stereocenters. The summed E-state index contributed by atoms with van der Waals surface area (Å²) in [6.45, 7) is 5.91. The number of piperidine rings is 1. The minimum absolute atomic E-state index is 0.173. The fourth-order valence-electron chi connectivity index (χ4n) is 5.24. The van der Waals surface area contributed by atoms with Crippen molar-refractivity contribution in [2.75, 3.05) is 26.2 Å². The number of hydrogen-bond acceptors (Lipinski definition) is 7. The van der Waals surface area contributed by atoms with Crippen molar-refractivity contribution in [2.24, 2.45) is 5.92 Å². The van der Waals surface area contributed by atoms with Crippen molar-refractivity contribution in [3.05, 3.63) is 47.3 Å². The summed E-state index contributed by atoms with van der Waals surface area (Å²) in [6.07, 6.45) is -2.42. The van der Waals surface area contributed by atoms with Crippen LogP contribution in [-0.2, 0) is 35.5 Å². The summed E-state index contributed by atoms with van der Waals surface area (Å²) >= 11 is 0. The number of aliphatic hydroxyl groups is 1. The molecule has 10 nitrogen and oxygen atoms in total. The van der Waals surface area contributed by atoms with Gasteiger partial charge in [-0.2, -0.15) is 26.3 Å². The van der Waals surface area contributed by atoms with Crippen LogP contribution in [0.1, 0.15) is 36.1 Å². The number of fused-ring (bicyclic) bond motifs is 1. The van der Waals surface area contributed by atoms with Crippen molar-refractivity contribution in [1.82, 2.24) is 24.8 Å². The fraction of sp³-hybridized carbons (Fsp3) is 0.615. The second-order valence-corrected chi connectivity index (χ2v) is 10.5. The predicted molar refractivity (Wildman–Crippen MR) is 135 cm³/mol. The van der Waals surface area contributed by atoms with Crippen LogP contribution in [-0.4, -0.2) is 103 Å². The van der Waals surface area contributed by atoms with Gasteiger partial charge < -0.3 is 15.3 Å². The Bertz CT molecular complexity index is 1130. The molecule has 0 spiro atoms. The average molecular weight is 610 g/mol. The van der Waals surface area contributed by atoms with Crippen LogP contribution in [0, 0.1) is 5.92 Å². The van der Waals surface area contributed by atoms with E-state index in [0.29, 0.717) is 12.0 Å². The first-order valence-electron chi connectivity index (χ1n) is 13.3. The first-order chi connectivity index (χ1) is 19.6. The van der Waals surface area contributed by atoms with Crippen molar-refractivity contribution in [2.45, 2.75) is 69.7 Å². The van der Waals surface area contributed by atoms with Gasteiger partial charge in [0.2, 0.25) is 0 Å². The summed E-state index contributed by atoms with van der Waals surface area (Å²) in [5.74, 6) is -4.82. The van der Waals surface area contributed by atoms with Crippen LogP contribution in [0.4, 0.5) is 26.3 Å². The molecule has 2 fully saturated rings. The van der Waals surface area contributed by atoms with Gasteiger partial charge in [-0.15, -0.1) is 5.10 Å². The number of aliphatic hydroxyl groups excluding tert-OH is 1. The molecule has 2 aliphatic heterocycles. The molecule has 0 saturated carbocycles. The Morgan fingerprint density at radius 1 is 0.881 bits per heavy atom. The van der Waals surface area contributed by atoms with Gasteiger partial charge in [-0.25, -0.2) is 9.59 Å². The van der Waals surface area contributed by atoms with Crippen LogP contribution in [0.5, 0.6) is 0 Å². The van der Waals surface area contributed by atoms with Crippen molar-refractivity contribution >= 4 is 11.9 Å². The zero-order valence-electron chi connectivity index (χ0n) is 22.6. The third-order valence-electron chi connectivity index (χ3n) is 7.34. The Morgan fingerprint density at radius 2 is 1.40 bits per heavy atom. The number of aliphatic carboxylic acids is 2. The Hall–Kier alpha value is -3.24. The Morgan fingerprint density at radius 3 is 1.86 bits per heavy atom. The minimum Gasteiger partial charge on any atom is -0.475 e. The number of carbonyl (C=O) groups is 2. The van der Waals surface area contributed by atoms with E-state index in [4.69, 9.17) is 19.8 Å². The van der Waals surface area contributed by atoms with Crippen LogP contribution in [0.15, 0.2) is 30.5 Å². The number of benzene rings is 1. The highest BCUT2D eigenvalue weighted by atomic mass is 19.4. The largest absolute Gasteiger partial charge is 0.490 e. The highest BCUT2D eigenvalue weighted by Crippen LogP contribution is 2.29. The van der Waals surface area contributed by atoms with E-state index in [1.807, 2.05) is 4.68 Å². The predicted octanol–water partition coefficient (Wildman–Crippen LogP) is 2.99. The zero-order chi connectivity index (χ0) is 31.1. The first-order valence-corrected chi connectivity index (χ1v) is 13.3. The smallest absolute Gasteiger partial charge is 0.475 e. The van der Waals surface area contributed by atoms with Gasteiger partial charge in [0.1, 0.15) is 0 Å². The molecule has 0 radical (unpaired) electrons. The lowest BCUT2D eigenvalue weighted by atomic mass is 9.95. The van der Waals surface area contributed by atoms with Gasteiger partial charge in [-0.05, 0) is 62.2 Å². The number of nitrogens with zero attached hydrogens (tertiary/aromatic N) is 5. The number of likely N-dealkylation sites (tertiary alicyclic amines) is 2. The molecule has 3 heterocycles. The van der Waals surface area contributed by atoms with Gasteiger partial charge in [0, 0.05) is 38.4 Å². The van der Waals surface area contributed by atoms with Crippen LogP contribution < -0.4 is 0 Å². The molecule has 1 aromatic carbocycles. The lowest BCUT2D eigenvalue weighted by Crippen LogP contribution is -2.42. The highest BCUT2D eigenvalue weighted by Gasteiger charge is 2.39. The van der Waals surface area contributed by atoms with Gasteiger partial charge in [-0.1, -0.05) is 29.5 Å². The summed E-state index contributed by atoms with van der Waals surface area (Å²) in [7, 11) is 0. The molecule has 0 amide bonds. The molecule has 3 aliphatic rings. The van der Waals surface area contributed by atoms with E-state index in [1.54, 1.807) is 11.1 Å². The van der Waals surface area contributed by atoms with Gasteiger partial charge >= 0.3 is 24.3 Å². The van der Waals surface area contributed by atoms with E-state index < -0.39 is 24.3 Å². The van der Waals surface area contributed by atoms with E-state index >= 15 is 0 Å². The zero-order valence-corrected chi connectivity index (χ0v) is 22.6. The maximum Gasteiger partial charge on any atom is 0.490 e. The molecule has 5 rings (SSSR count). The third kappa shape index (κ3) is 10.2. The Labute approximate surface area is 237 Å². The van der Waals surface area contributed by atoms with E-state index in [-0.39, 0.29) is 6.10 Å². The second-order valence-electron chi connectivity index (χ2n) is 10.5. The summed E-state index contributed by atoms with van der Waals surface area (Å²) in [4.78, 5) is 22.8. The molecule has 3 N–H and O–H groups in total. The fourth-order valence-corrected chi connectivity index (χ4v) is 5.24. The summed E-state index contributed by atoms with van der Waals surface area (Å²) in [5.41, 5.74) is 4.13. The molecular weight excluding hydrogens is 576 g/mol. The van der Waals surface area contributed by atoms with E-state index in [1.165, 1.54) is 38.8 Å². The standard InChI is InChI=1S/C22H31N5O.2C2HF3O2/c28-22-7-8-25(16-22)14-20-15-27(24-23-20)13-17-5-9-26(10-6-17)21-11-18-3-1-2-4-19(18)12-21;2*3-2(4,5)1(6)7/h1-4,15,17,21-22,28H,5-14,16H2;2*(H,6,7)/t22-;;/m0../s1. The summed E-state index contributed by atoms with van der Waals surface area (Å²) < 4.78 is 65.5. The van der Waals surface area contributed by atoms with E-state index in [2.05, 4.69) is 50.6 Å². The number of rotatable bonds is 5. The number of carboxylic acids is 2. The Kier molecular flexibility index (Phi) is 11.3. The molecule has 16 heteroatoms. The third-order valence-corrected chi connectivity index (χ3v) is 7.34. The maximum atomic E-state index is 10.6. The van der Waals surface area contributed by atoms with Gasteiger partial charge in [0.15, 0.2) is 0 Å². The molecule has 1 aliphatic carbocycles. The molecule has 0 bridgehead atoms. The van der Waals surface area contributed by atoms with Crippen LogP contribution in [0.2, 0.25) is 0 Å². The number of carboxylic acid groups (broad SMARTS) is 2. The van der Waals surface area contributed by atoms with E-state index in [0.717, 1.165) is 38.3 Å². The van der Waals surface area contributed by atoms with Crippen LogP contribution >= 0.6 is 0 Å². The monoisotopic (exact) mass is 609 g/mol. The highest BCUT2D eigenvalue weighted by molar-refractivity contribution is 5.73. The average Bonchev–Trinajstić information content (AvgIpc) is 3.64. The molecular formula is C26H33F6N5O5. The number of hydrogen-bond donors (Lipinski definition) is 3. The van der Waals surface area contributed by atoms with Crippen molar-refractivity contribution in [3.63, 3.8) is 0 Å². The van der Waals surface area contributed by atoms with Gasteiger partial charge in [-0.3, -0.25) is 14.5 Å². The topological polar surface area (TPSA) is 132 Å². The number of β-amino-alcohol motifs (C(OH)–C–C–N with tert-alkyl or cyclic N) is 1. The van der Waals surface area contributed by atoms with E-state index in [9.17, 15) is 31.4 Å². The minimum atomic E-state index is -5.08. The second kappa shape index (κ2) is 14.3. The number of alkyl halides is 6. The van der Waals surface area contributed by atoms with Gasteiger partial charge in [0.25, 0.3) is 0 Å². The van der Waals surface area contributed by atoms with Gasteiger partial charge in [0.05, 0.1) is 11.8 Å². The summed E-state index contributed by atoms with van der Waals surface area (Å²) in [6, 6.07) is 9.64. The SMILES string of the molecule is O=C(O)C(F)(F)F.O=C(O)C(F)(F)F.O[C@H]1CCN(Cc2cn(CC3CCN(C4Cc5ccccc5C4)CC3)nn2)C1. The lowest BCUT2D eigenvalue weighted by molar-refractivity contribution is -0.193.